The lowest BCUT2D eigenvalue weighted by Crippen LogP contribution is -2.41. The average Bonchev–Trinajstić information content (AvgIpc) is 3.03. The van der Waals surface area contributed by atoms with E-state index in [0.717, 1.165) is 16.6 Å². The van der Waals surface area contributed by atoms with Gasteiger partial charge in [0.15, 0.2) is 5.65 Å². The van der Waals surface area contributed by atoms with Crippen LogP contribution >= 0.6 is 0 Å². The number of benzene rings is 1. The summed E-state index contributed by atoms with van der Waals surface area (Å²) in [5, 5.41) is 8.11. The molecule has 0 radical (unpaired) electrons. The second kappa shape index (κ2) is 9.38. The van der Waals surface area contributed by atoms with Crippen LogP contribution in [0.1, 0.15) is 43.7 Å². The number of amides is 2. The normalized spacial score (nSPS) is 11.4. The zero-order chi connectivity index (χ0) is 23.5. The summed E-state index contributed by atoms with van der Waals surface area (Å²) in [6, 6.07) is 11.5. The first kappa shape index (κ1) is 23.2. The van der Waals surface area contributed by atoms with E-state index in [1.54, 1.807) is 15.6 Å². The number of pyridine rings is 1. The molecule has 3 aromatic rings. The molecular weight excluding hydrogens is 406 g/mol. The smallest absolute Gasteiger partial charge is 0.410 e. The summed E-state index contributed by atoms with van der Waals surface area (Å²) < 4.78 is 7.12. The van der Waals surface area contributed by atoms with Gasteiger partial charge in [0, 0.05) is 32.2 Å². The van der Waals surface area contributed by atoms with Crippen LogP contribution in [0, 0.1) is 6.92 Å². The molecule has 0 spiro atoms. The fourth-order valence-electron chi connectivity index (χ4n) is 3.49. The van der Waals surface area contributed by atoms with E-state index in [9.17, 15) is 9.59 Å². The number of hydrogen-bond donors (Lipinski definition) is 1. The van der Waals surface area contributed by atoms with Crippen molar-refractivity contribution in [2.75, 3.05) is 19.6 Å². The fourth-order valence-corrected chi connectivity index (χ4v) is 3.49. The first-order chi connectivity index (χ1) is 15.1. The van der Waals surface area contributed by atoms with Crippen molar-refractivity contribution < 1.29 is 14.3 Å². The van der Waals surface area contributed by atoms with Crippen molar-refractivity contribution in [1.29, 1.82) is 0 Å². The van der Waals surface area contributed by atoms with E-state index in [2.05, 4.69) is 10.4 Å². The molecule has 8 heteroatoms. The molecule has 0 aliphatic carbocycles. The molecular formula is C24H31N5O3. The van der Waals surface area contributed by atoms with Gasteiger partial charge in [0.2, 0.25) is 0 Å². The molecule has 0 bridgehead atoms. The molecule has 0 aliphatic heterocycles. The summed E-state index contributed by atoms with van der Waals surface area (Å²) in [5.41, 5.74) is 2.96. The Balaban J connectivity index is 1.82. The van der Waals surface area contributed by atoms with Crippen LogP contribution in [0.3, 0.4) is 0 Å². The van der Waals surface area contributed by atoms with Gasteiger partial charge >= 0.3 is 6.09 Å². The van der Waals surface area contributed by atoms with Crippen molar-refractivity contribution in [3.63, 3.8) is 0 Å². The van der Waals surface area contributed by atoms with Crippen LogP contribution in [-0.2, 0) is 11.8 Å². The van der Waals surface area contributed by atoms with Crippen LogP contribution in [0.5, 0.6) is 0 Å². The minimum atomic E-state index is -0.567. The first-order valence-electron chi connectivity index (χ1n) is 10.8. The van der Waals surface area contributed by atoms with Crippen molar-refractivity contribution in [2.24, 2.45) is 7.05 Å². The highest BCUT2D eigenvalue weighted by Gasteiger charge is 2.22. The lowest BCUT2D eigenvalue weighted by molar-refractivity contribution is 0.0261. The Labute approximate surface area is 188 Å². The van der Waals surface area contributed by atoms with Crippen LogP contribution in [0.15, 0.2) is 36.4 Å². The molecule has 8 nitrogen and oxygen atoms in total. The number of rotatable bonds is 6. The lowest BCUT2D eigenvalue weighted by Gasteiger charge is -2.26. The molecule has 3 rings (SSSR count). The van der Waals surface area contributed by atoms with Gasteiger partial charge in [-0.1, -0.05) is 30.3 Å². The number of likely N-dealkylation sites (N-methyl/N-ethyl adjacent to an activating group) is 1. The van der Waals surface area contributed by atoms with Crippen molar-refractivity contribution in [3.05, 3.63) is 47.7 Å². The van der Waals surface area contributed by atoms with Crippen molar-refractivity contribution >= 4 is 23.0 Å². The van der Waals surface area contributed by atoms with Crippen LogP contribution < -0.4 is 5.32 Å². The summed E-state index contributed by atoms with van der Waals surface area (Å²) in [4.78, 5) is 31.8. The Hall–Kier alpha value is -3.42. The molecule has 2 heterocycles. The number of ether oxygens (including phenoxy) is 1. The van der Waals surface area contributed by atoms with Gasteiger partial charge in [-0.3, -0.25) is 9.48 Å². The van der Waals surface area contributed by atoms with Gasteiger partial charge in [-0.2, -0.15) is 5.10 Å². The molecule has 170 valence electrons. The highest BCUT2D eigenvalue weighted by Crippen LogP contribution is 2.26. The van der Waals surface area contributed by atoms with Gasteiger partial charge in [-0.25, -0.2) is 9.78 Å². The molecule has 0 unspecified atom stereocenters. The van der Waals surface area contributed by atoms with E-state index < -0.39 is 11.7 Å². The van der Waals surface area contributed by atoms with Crippen molar-refractivity contribution in [3.8, 4) is 11.3 Å². The Kier molecular flexibility index (Phi) is 6.81. The predicted octanol–water partition coefficient (Wildman–Crippen LogP) is 3.93. The molecule has 0 fully saturated rings. The second-order valence-electron chi connectivity index (χ2n) is 8.64. The Bertz CT molecular complexity index is 1120. The summed E-state index contributed by atoms with van der Waals surface area (Å²) >= 11 is 0. The zero-order valence-electron chi connectivity index (χ0n) is 19.6. The summed E-state index contributed by atoms with van der Waals surface area (Å²) in [5.74, 6) is -0.231. The summed E-state index contributed by atoms with van der Waals surface area (Å²) in [6.45, 7) is 10.4. The second-order valence-corrected chi connectivity index (χ2v) is 8.64. The van der Waals surface area contributed by atoms with Gasteiger partial charge in [-0.05, 0) is 40.7 Å². The van der Waals surface area contributed by atoms with Crippen LogP contribution in [0.4, 0.5) is 4.79 Å². The molecule has 0 aliphatic rings. The maximum Gasteiger partial charge on any atom is 0.410 e. The molecule has 32 heavy (non-hydrogen) atoms. The van der Waals surface area contributed by atoms with E-state index in [4.69, 9.17) is 9.72 Å². The number of carbonyl (C=O) groups is 2. The Morgan fingerprint density at radius 3 is 2.50 bits per heavy atom. The van der Waals surface area contributed by atoms with Gasteiger partial charge < -0.3 is 15.0 Å². The average molecular weight is 438 g/mol. The van der Waals surface area contributed by atoms with E-state index in [1.165, 1.54) is 0 Å². The Morgan fingerprint density at radius 1 is 1.19 bits per heavy atom. The molecule has 1 aromatic carbocycles. The fraction of sp³-hybridized carbons (Fsp3) is 0.417. The van der Waals surface area contributed by atoms with E-state index >= 15 is 0 Å². The SMILES string of the molecule is CCN(CCNC(=O)c1cc(-c2ccccc2)nc2c1c(C)nn2C)C(=O)OC(C)(C)C. The highest BCUT2D eigenvalue weighted by atomic mass is 16.6. The molecule has 0 saturated heterocycles. The van der Waals surface area contributed by atoms with Gasteiger partial charge in [0.25, 0.3) is 5.91 Å². The maximum atomic E-state index is 13.2. The van der Waals surface area contributed by atoms with Crippen LogP contribution in [-0.4, -0.2) is 56.9 Å². The molecule has 0 saturated carbocycles. The van der Waals surface area contributed by atoms with Crippen LogP contribution in [0.25, 0.3) is 22.3 Å². The monoisotopic (exact) mass is 437 g/mol. The van der Waals surface area contributed by atoms with Crippen molar-refractivity contribution in [1.82, 2.24) is 25.0 Å². The third kappa shape index (κ3) is 5.25. The van der Waals surface area contributed by atoms with Crippen LogP contribution in [0.2, 0.25) is 0 Å². The zero-order valence-corrected chi connectivity index (χ0v) is 19.6. The number of nitrogens with one attached hydrogen (secondary N) is 1. The minimum absolute atomic E-state index is 0.231. The lowest BCUT2D eigenvalue weighted by atomic mass is 10.0. The number of aromatic nitrogens is 3. The number of fused-ring (bicyclic) bond motifs is 1. The number of nitrogens with zero attached hydrogens (tertiary/aromatic N) is 4. The van der Waals surface area contributed by atoms with E-state index in [0.29, 0.717) is 36.5 Å². The summed E-state index contributed by atoms with van der Waals surface area (Å²) in [6.07, 6.45) is -0.394. The predicted molar refractivity (Wildman–Crippen MR) is 124 cm³/mol. The molecule has 2 aromatic heterocycles. The number of carbonyl (C=O) groups excluding carboxylic acids is 2. The van der Waals surface area contributed by atoms with E-state index in [-0.39, 0.29) is 5.91 Å². The maximum absolute atomic E-state index is 13.2. The molecule has 2 amide bonds. The third-order valence-electron chi connectivity index (χ3n) is 4.98. The molecule has 1 N–H and O–H groups in total. The minimum Gasteiger partial charge on any atom is -0.444 e. The largest absolute Gasteiger partial charge is 0.444 e. The van der Waals surface area contributed by atoms with Crippen molar-refractivity contribution in [2.45, 2.75) is 40.2 Å². The van der Waals surface area contributed by atoms with Gasteiger partial charge in [-0.15, -0.1) is 0 Å². The molecule has 0 atom stereocenters. The number of aryl methyl sites for hydroxylation is 2. The van der Waals surface area contributed by atoms with Gasteiger partial charge in [0.05, 0.1) is 22.3 Å². The summed E-state index contributed by atoms with van der Waals surface area (Å²) in [7, 11) is 1.82. The highest BCUT2D eigenvalue weighted by molar-refractivity contribution is 6.07. The number of hydrogen-bond acceptors (Lipinski definition) is 5. The van der Waals surface area contributed by atoms with E-state index in [1.807, 2.05) is 72.0 Å². The third-order valence-corrected chi connectivity index (χ3v) is 4.98. The topological polar surface area (TPSA) is 89.4 Å². The standard InChI is InChI=1S/C24H31N5O3/c1-7-29(23(31)32-24(3,4)5)14-13-25-22(30)18-15-19(17-11-9-8-10-12-17)26-21-20(18)16(2)27-28(21)6/h8-12,15H,7,13-14H2,1-6H3,(H,25,30). The van der Waals surface area contributed by atoms with Gasteiger partial charge in [0.1, 0.15) is 5.60 Å². The quantitative estimate of drug-likeness (QED) is 0.631. The first-order valence-corrected chi connectivity index (χ1v) is 10.8. The Morgan fingerprint density at radius 2 is 1.88 bits per heavy atom.